The number of nitrogens with two attached hydrogens (primary N) is 1. The van der Waals surface area contributed by atoms with Crippen molar-refractivity contribution in [1.29, 1.82) is 0 Å². The minimum absolute atomic E-state index is 0.0362. The van der Waals surface area contributed by atoms with Crippen molar-refractivity contribution in [2.75, 3.05) is 0 Å². The van der Waals surface area contributed by atoms with Gasteiger partial charge in [-0.15, -0.1) is 0 Å². The average Bonchev–Trinajstić information content (AvgIpc) is 2.29. The molecule has 0 spiro atoms. The van der Waals surface area contributed by atoms with Gasteiger partial charge < -0.3 is 11.1 Å². The largest absolute Gasteiger partial charge is 0.392 e. The third kappa shape index (κ3) is 2.73. The highest BCUT2D eigenvalue weighted by Gasteiger charge is 2.42. The van der Waals surface area contributed by atoms with E-state index >= 15 is 0 Å². The lowest BCUT2D eigenvalue weighted by atomic mass is 9.73. The second-order valence-electron chi connectivity index (χ2n) is 4.79. The molecule has 1 atom stereocenters. The second-order valence-corrected chi connectivity index (χ2v) is 5.23. The van der Waals surface area contributed by atoms with E-state index in [4.69, 9.17) is 18.0 Å². The summed E-state index contributed by atoms with van der Waals surface area (Å²) >= 11 is 5.11. The Bertz CT molecular complexity index is 272. The molecular weight excluding hydrogens is 220 g/mol. The monoisotopic (exact) mass is 242 g/mol. The number of nitrogens with one attached hydrogen (secondary N) is 1. The van der Waals surface area contributed by atoms with Gasteiger partial charge in [-0.2, -0.15) is 0 Å². The molecule has 0 aromatic rings. The zero-order valence-electron chi connectivity index (χ0n) is 10.2. The van der Waals surface area contributed by atoms with Gasteiger partial charge in [-0.05, 0) is 26.2 Å². The van der Waals surface area contributed by atoms with Crippen LogP contribution in [0.5, 0.6) is 0 Å². The van der Waals surface area contributed by atoms with E-state index in [1.807, 2.05) is 6.92 Å². The highest BCUT2D eigenvalue weighted by molar-refractivity contribution is 7.80. The van der Waals surface area contributed by atoms with Crippen LogP contribution in [0.1, 0.15) is 52.4 Å². The zero-order chi connectivity index (χ0) is 12.2. The zero-order valence-corrected chi connectivity index (χ0v) is 11.0. The molecule has 1 saturated carbocycles. The van der Waals surface area contributed by atoms with Crippen LogP contribution >= 0.6 is 12.2 Å². The number of amides is 1. The lowest BCUT2D eigenvalue weighted by Crippen LogP contribution is -2.51. The topological polar surface area (TPSA) is 55.1 Å². The molecule has 1 aliphatic carbocycles. The molecule has 0 aliphatic heterocycles. The van der Waals surface area contributed by atoms with Crippen LogP contribution in [0.4, 0.5) is 0 Å². The van der Waals surface area contributed by atoms with Crippen LogP contribution in [0.2, 0.25) is 0 Å². The summed E-state index contributed by atoms with van der Waals surface area (Å²) in [5.74, 6) is 0.0362. The molecular formula is C12H22N2OS. The Balaban J connectivity index is 2.76. The first kappa shape index (κ1) is 13.4. The van der Waals surface area contributed by atoms with Crippen LogP contribution in [0.15, 0.2) is 0 Å². The lowest BCUT2D eigenvalue weighted by molar-refractivity contribution is -0.129. The van der Waals surface area contributed by atoms with E-state index in [-0.39, 0.29) is 11.9 Å². The first-order valence-corrected chi connectivity index (χ1v) is 6.54. The van der Waals surface area contributed by atoms with Gasteiger partial charge in [-0.3, -0.25) is 4.79 Å². The van der Waals surface area contributed by atoms with Crippen LogP contribution in [0, 0.1) is 5.41 Å². The van der Waals surface area contributed by atoms with Crippen LogP contribution < -0.4 is 11.1 Å². The summed E-state index contributed by atoms with van der Waals surface area (Å²) in [5.41, 5.74) is 5.22. The first-order valence-electron chi connectivity index (χ1n) is 6.14. The van der Waals surface area contributed by atoms with Gasteiger partial charge in [0.25, 0.3) is 0 Å². The van der Waals surface area contributed by atoms with Crippen LogP contribution in [-0.4, -0.2) is 16.9 Å². The molecule has 0 heterocycles. The smallest absolute Gasteiger partial charge is 0.233 e. The van der Waals surface area contributed by atoms with Gasteiger partial charge in [0, 0.05) is 6.04 Å². The maximum Gasteiger partial charge on any atom is 0.233 e. The summed E-state index contributed by atoms with van der Waals surface area (Å²) in [6.45, 7) is 4.06. The molecule has 92 valence electrons. The fourth-order valence-corrected chi connectivity index (χ4v) is 2.50. The second kappa shape index (κ2) is 5.62. The fourth-order valence-electron chi connectivity index (χ4n) is 2.20. The van der Waals surface area contributed by atoms with E-state index in [9.17, 15) is 4.79 Å². The summed E-state index contributed by atoms with van der Waals surface area (Å²) in [6.07, 6.45) is 5.83. The summed E-state index contributed by atoms with van der Waals surface area (Å²) < 4.78 is 0. The molecule has 1 rings (SSSR count). The molecule has 0 radical (unpaired) electrons. The Labute approximate surface area is 103 Å². The van der Waals surface area contributed by atoms with Crippen molar-refractivity contribution in [3.8, 4) is 0 Å². The molecule has 1 amide bonds. The molecule has 0 aromatic heterocycles. The Kier molecular flexibility index (Phi) is 4.71. The summed E-state index contributed by atoms with van der Waals surface area (Å²) in [7, 11) is 0. The van der Waals surface area contributed by atoms with Gasteiger partial charge >= 0.3 is 0 Å². The number of thiocarbonyl (C=S) groups is 1. The van der Waals surface area contributed by atoms with E-state index in [1.165, 1.54) is 6.42 Å². The highest BCUT2D eigenvalue weighted by Crippen LogP contribution is 2.37. The lowest BCUT2D eigenvalue weighted by Gasteiger charge is -2.35. The average molecular weight is 242 g/mol. The Hall–Kier alpha value is -0.640. The summed E-state index contributed by atoms with van der Waals surface area (Å²) in [6, 6.07) is 0.195. The van der Waals surface area contributed by atoms with Gasteiger partial charge in [0.15, 0.2) is 0 Å². The van der Waals surface area contributed by atoms with Gasteiger partial charge in [0.2, 0.25) is 5.91 Å². The van der Waals surface area contributed by atoms with Crippen molar-refractivity contribution in [3.05, 3.63) is 0 Å². The standard InChI is InChI=1S/C12H22N2OS/c1-3-9(2)14-11(15)12(10(13)16)7-5-4-6-8-12/h9H,3-8H2,1-2H3,(H2,13,16)(H,14,15). The van der Waals surface area contributed by atoms with Gasteiger partial charge in [-0.1, -0.05) is 38.4 Å². The molecule has 1 unspecified atom stereocenters. The molecule has 0 aromatic carbocycles. The van der Waals surface area contributed by atoms with E-state index in [2.05, 4.69) is 12.2 Å². The van der Waals surface area contributed by atoms with E-state index in [0.717, 1.165) is 32.1 Å². The van der Waals surface area contributed by atoms with Crippen molar-refractivity contribution in [2.24, 2.45) is 11.1 Å². The predicted molar refractivity (Wildman–Crippen MR) is 70.2 cm³/mol. The number of hydrogen-bond acceptors (Lipinski definition) is 2. The number of hydrogen-bond donors (Lipinski definition) is 2. The van der Waals surface area contributed by atoms with E-state index < -0.39 is 5.41 Å². The quantitative estimate of drug-likeness (QED) is 0.743. The van der Waals surface area contributed by atoms with Crippen molar-refractivity contribution in [1.82, 2.24) is 5.32 Å². The van der Waals surface area contributed by atoms with Gasteiger partial charge in [0.1, 0.15) is 0 Å². The third-order valence-electron chi connectivity index (χ3n) is 3.60. The highest BCUT2D eigenvalue weighted by atomic mass is 32.1. The fraction of sp³-hybridized carbons (Fsp3) is 0.833. The minimum Gasteiger partial charge on any atom is -0.392 e. The molecule has 1 fully saturated rings. The van der Waals surface area contributed by atoms with Crippen molar-refractivity contribution in [2.45, 2.75) is 58.4 Å². The Morgan fingerprint density at radius 3 is 2.44 bits per heavy atom. The number of carbonyl (C=O) groups excluding carboxylic acids is 1. The molecule has 3 N–H and O–H groups in total. The van der Waals surface area contributed by atoms with E-state index in [1.54, 1.807) is 0 Å². The van der Waals surface area contributed by atoms with Crippen molar-refractivity contribution < 1.29 is 4.79 Å². The Morgan fingerprint density at radius 2 is 2.00 bits per heavy atom. The first-order chi connectivity index (χ1) is 7.53. The van der Waals surface area contributed by atoms with Crippen molar-refractivity contribution in [3.63, 3.8) is 0 Å². The summed E-state index contributed by atoms with van der Waals surface area (Å²) in [4.78, 5) is 12.6. The van der Waals surface area contributed by atoms with Crippen LogP contribution in [0.3, 0.4) is 0 Å². The predicted octanol–water partition coefficient (Wildman–Crippen LogP) is 2.14. The maximum atomic E-state index is 12.3. The van der Waals surface area contributed by atoms with Gasteiger partial charge in [-0.25, -0.2) is 0 Å². The molecule has 0 saturated heterocycles. The van der Waals surface area contributed by atoms with Crippen molar-refractivity contribution >= 4 is 23.1 Å². The number of rotatable bonds is 4. The Morgan fingerprint density at radius 1 is 1.44 bits per heavy atom. The normalized spacial score (nSPS) is 21.1. The number of carbonyl (C=O) groups is 1. The minimum atomic E-state index is -0.572. The molecule has 3 nitrogen and oxygen atoms in total. The molecule has 1 aliphatic rings. The summed E-state index contributed by atoms with van der Waals surface area (Å²) in [5, 5.41) is 3.02. The SMILES string of the molecule is CCC(C)NC(=O)C1(C(N)=S)CCCCC1. The van der Waals surface area contributed by atoms with Crippen LogP contribution in [-0.2, 0) is 4.79 Å². The van der Waals surface area contributed by atoms with E-state index in [0.29, 0.717) is 4.99 Å². The molecule has 0 bridgehead atoms. The van der Waals surface area contributed by atoms with Gasteiger partial charge in [0.05, 0.1) is 10.4 Å². The van der Waals surface area contributed by atoms with Crippen LogP contribution in [0.25, 0.3) is 0 Å². The maximum absolute atomic E-state index is 12.3. The third-order valence-corrected chi connectivity index (χ3v) is 3.99. The molecule has 16 heavy (non-hydrogen) atoms. The molecule has 4 heteroatoms.